The molecule has 160 valence electrons. The molecule has 3 heterocycles. The van der Waals surface area contributed by atoms with Gasteiger partial charge in [-0.15, -0.1) is 0 Å². The van der Waals surface area contributed by atoms with Crippen LogP contribution in [0.5, 0.6) is 0 Å². The van der Waals surface area contributed by atoms with Crippen LogP contribution in [0.4, 0.5) is 5.69 Å². The van der Waals surface area contributed by atoms with Crippen LogP contribution < -0.4 is 10.2 Å². The summed E-state index contributed by atoms with van der Waals surface area (Å²) in [6.45, 7) is 4.24. The predicted octanol–water partition coefficient (Wildman–Crippen LogP) is 2.77. The molecule has 2 aliphatic heterocycles. The number of aromatic nitrogens is 1. The molecule has 6 nitrogen and oxygen atoms in total. The van der Waals surface area contributed by atoms with Crippen LogP contribution >= 0.6 is 0 Å². The molecule has 2 aromatic rings. The van der Waals surface area contributed by atoms with Crippen LogP contribution in [0.25, 0.3) is 0 Å². The van der Waals surface area contributed by atoms with E-state index in [9.17, 15) is 9.00 Å². The number of hydrogen-bond acceptors (Lipinski definition) is 4. The predicted molar refractivity (Wildman–Crippen MR) is 121 cm³/mol. The minimum atomic E-state index is -0.889. The lowest BCUT2D eigenvalue weighted by molar-refractivity contribution is 0.0941. The lowest BCUT2D eigenvalue weighted by atomic mass is 9.97. The van der Waals surface area contributed by atoms with Crippen LogP contribution in [0.15, 0.2) is 42.7 Å². The van der Waals surface area contributed by atoms with Gasteiger partial charge in [-0.3, -0.25) is 9.78 Å². The first kappa shape index (κ1) is 21.0. The molecule has 1 atom stereocenters. The van der Waals surface area contributed by atoms with Gasteiger partial charge in [-0.2, -0.15) is 0 Å². The monoisotopic (exact) mass is 426 g/mol. The topological polar surface area (TPSA) is 65.5 Å². The molecule has 1 fully saturated rings. The fourth-order valence-electron chi connectivity index (χ4n) is 4.40. The molecule has 0 aliphatic carbocycles. The van der Waals surface area contributed by atoms with Gasteiger partial charge in [0.2, 0.25) is 0 Å². The van der Waals surface area contributed by atoms with Gasteiger partial charge in [0.1, 0.15) is 0 Å². The number of pyridine rings is 1. The van der Waals surface area contributed by atoms with Gasteiger partial charge in [0.15, 0.2) is 0 Å². The molecule has 2 aliphatic rings. The van der Waals surface area contributed by atoms with E-state index in [2.05, 4.69) is 33.4 Å². The zero-order valence-corrected chi connectivity index (χ0v) is 18.4. The third-order valence-corrected chi connectivity index (χ3v) is 7.23. The summed E-state index contributed by atoms with van der Waals surface area (Å²) in [4.78, 5) is 19.3. The highest BCUT2D eigenvalue weighted by Gasteiger charge is 2.22. The number of hydrogen-bond donors (Lipinski definition) is 1. The summed E-state index contributed by atoms with van der Waals surface area (Å²) < 4.78 is 13.6. The maximum atomic E-state index is 12.7. The van der Waals surface area contributed by atoms with E-state index in [4.69, 9.17) is 0 Å². The molecule has 1 aromatic carbocycles. The van der Waals surface area contributed by atoms with E-state index in [-0.39, 0.29) is 5.91 Å². The molecule has 1 unspecified atom stereocenters. The summed E-state index contributed by atoms with van der Waals surface area (Å²) in [6, 6.07) is 10.2. The van der Waals surface area contributed by atoms with Crippen LogP contribution in [0.2, 0.25) is 0 Å². The number of anilines is 1. The van der Waals surface area contributed by atoms with E-state index < -0.39 is 11.0 Å². The molecule has 0 spiro atoms. The fourth-order valence-corrected chi connectivity index (χ4v) is 5.13. The Morgan fingerprint density at radius 3 is 2.80 bits per heavy atom. The average molecular weight is 427 g/mol. The Bertz CT molecular complexity index is 897. The Morgan fingerprint density at radius 2 is 2.07 bits per heavy atom. The number of rotatable bonds is 6. The first-order valence-corrected chi connectivity index (χ1v) is 12.2. The zero-order valence-electron chi connectivity index (χ0n) is 17.5. The van der Waals surface area contributed by atoms with Gasteiger partial charge in [-0.05, 0) is 67.0 Å². The van der Waals surface area contributed by atoms with Crippen molar-refractivity contribution in [1.82, 2.24) is 14.6 Å². The molecule has 1 N–H and O–H groups in total. The maximum absolute atomic E-state index is 12.7. The molecule has 0 radical (unpaired) electrons. The van der Waals surface area contributed by atoms with E-state index >= 15 is 0 Å². The number of aryl methyl sites for hydroxylation is 1. The van der Waals surface area contributed by atoms with E-state index in [1.165, 1.54) is 16.8 Å². The number of benzene rings is 1. The van der Waals surface area contributed by atoms with Crippen LogP contribution in [-0.4, -0.2) is 51.8 Å². The second-order valence-electron chi connectivity index (χ2n) is 8.24. The van der Waals surface area contributed by atoms with Gasteiger partial charge in [0.25, 0.3) is 5.91 Å². The largest absolute Gasteiger partial charge is 0.367 e. The van der Waals surface area contributed by atoms with Gasteiger partial charge < -0.3 is 10.2 Å². The van der Waals surface area contributed by atoms with Crippen molar-refractivity contribution < 1.29 is 9.00 Å². The second-order valence-corrected chi connectivity index (χ2v) is 9.60. The molecular formula is C23H30N4O2S. The van der Waals surface area contributed by atoms with E-state index in [1.807, 2.05) is 22.6 Å². The molecule has 1 amide bonds. The third kappa shape index (κ3) is 5.08. The number of nitrogens with one attached hydrogen (secondary N) is 1. The number of carbonyl (C=O) groups is 1. The minimum Gasteiger partial charge on any atom is -0.367 e. The molecule has 1 aromatic heterocycles. The highest BCUT2D eigenvalue weighted by Crippen LogP contribution is 2.29. The number of nitrogens with zero attached hydrogens (tertiary/aromatic N) is 3. The van der Waals surface area contributed by atoms with Gasteiger partial charge in [-0.25, -0.2) is 8.51 Å². The van der Waals surface area contributed by atoms with Crippen molar-refractivity contribution in [2.45, 2.75) is 32.2 Å². The first-order valence-electron chi connectivity index (χ1n) is 10.7. The lowest BCUT2D eigenvalue weighted by Gasteiger charge is -2.32. The number of fused-ring (bicyclic) bond motifs is 1. The van der Waals surface area contributed by atoms with Crippen LogP contribution in [-0.2, 0) is 24.0 Å². The van der Waals surface area contributed by atoms with E-state index in [0.717, 1.165) is 57.4 Å². The zero-order chi connectivity index (χ0) is 20.9. The van der Waals surface area contributed by atoms with Crippen molar-refractivity contribution in [1.29, 1.82) is 0 Å². The molecule has 30 heavy (non-hydrogen) atoms. The first-order chi connectivity index (χ1) is 14.6. The fraction of sp³-hybridized carbons (Fsp3) is 0.478. The van der Waals surface area contributed by atoms with Crippen LogP contribution in [0, 0.1) is 5.92 Å². The van der Waals surface area contributed by atoms with E-state index in [1.54, 1.807) is 12.5 Å². The highest BCUT2D eigenvalue weighted by molar-refractivity contribution is 7.81. The summed E-state index contributed by atoms with van der Waals surface area (Å²) in [5.41, 5.74) is 4.41. The smallest absolute Gasteiger partial charge is 0.251 e. The standard InChI is InChI=1S/C23H30N4O2S/c1-30(29)27-12-8-18(9-13-27)16-25-23(28)21-6-7-22-20(14-21)5-3-11-26(22)17-19-4-2-10-24-15-19/h2,4,6-7,10,14-15,18H,3,5,8-9,11-13,16-17H2,1H3,(H,25,28). The van der Waals surface area contributed by atoms with Crippen molar-refractivity contribution in [2.75, 3.05) is 37.3 Å². The summed E-state index contributed by atoms with van der Waals surface area (Å²) in [6.07, 6.45) is 9.50. The SMILES string of the molecule is CS(=O)N1CCC(CNC(=O)c2ccc3c(c2)CCCN3Cc2cccnc2)CC1. The maximum Gasteiger partial charge on any atom is 0.251 e. The van der Waals surface area contributed by atoms with Crippen molar-refractivity contribution >= 4 is 22.6 Å². The number of piperidine rings is 1. The molecule has 0 bridgehead atoms. The third-order valence-electron chi connectivity index (χ3n) is 6.14. The second kappa shape index (κ2) is 9.71. The summed E-state index contributed by atoms with van der Waals surface area (Å²) in [7, 11) is -0.889. The Kier molecular flexibility index (Phi) is 6.79. The Hall–Kier alpha value is -2.25. The van der Waals surface area contributed by atoms with Crippen molar-refractivity contribution in [3.05, 3.63) is 59.4 Å². The summed E-state index contributed by atoms with van der Waals surface area (Å²) in [5, 5.41) is 3.12. The Balaban J connectivity index is 1.35. The van der Waals surface area contributed by atoms with Gasteiger partial charge in [0, 0.05) is 62.6 Å². The van der Waals surface area contributed by atoms with E-state index in [0.29, 0.717) is 12.5 Å². The molecule has 1 saturated heterocycles. The van der Waals surface area contributed by atoms with Gasteiger partial charge in [-0.1, -0.05) is 6.07 Å². The van der Waals surface area contributed by atoms with Gasteiger partial charge in [0.05, 0.1) is 11.0 Å². The molecule has 7 heteroatoms. The number of amides is 1. The molecular weight excluding hydrogens is 396 g/mol. The van der Waals surface area contributed by atoms with Crippen LogP contribution in [0.1, 0.15) is 40.7 Å². The van der Waals surface area contributed by atoms with Crippen molar-refractivity contribution in [3.63, 3.8) is 0 Å². The average Bonchev–Trinajstić information content (AvgIpc) is 2.78. The lowest BCUT2D eigenvalue weighted by Crippen LogP contribution is -2.39. The summed E-state index contributed by atoms with van der Waals surface area (Å²) in [5.74, 6) is 0.463. The minimum absolute atomic E-state index is 0.00341. The Labute approximate surface area is 181 Å². The highest BCUT2D eigenvalue weighted by atomic mass is 32.2. The normalized spacial score (nSPS) is 18.6. The van der Waals surface area contributed by atoms with Gasteiger partial charge >= 0.3 is 0 Å². The molecule has 0 saturated carbocycles. The molecule has 4 rings (SSSR count). The van der Waals surface area contributed by atoms with Crippen LogP contribution in [0.3, 0.4) is 0 Å². The number of carbonyl (C=O) groups excluding carboxylic acids is 1. The van der Waals surface area contributed by atoms with Crippen molar-refractivity contribution in [3.8, 4) is 0 Å². The summed E-state index contributed by atoms with van der Waals surface area (Å²) >= 11 is 0. The Morgan fingerprint density at radius 1 is 1.23 bits per heavy atom. The quantitative estimate of drug-likeness (QED) is 0.771. The van der Waals surface area contributed by atoms with Crippen molar-refractivity contribution in [2.24, 2.45) is 5.92 Å².